The van der Waals surface area contributed by atoms with Crippen LogP contribution in [0.25, 0.3) is 11.4 Å². The Morgan fingerprint density at radius 1 is 1.19 bits per heavy atom. The molecular formula is C25H26N4O3. The summed E-state index contributed by atoms with van der Waals surface area (Å²) in [7, 11) is 0. The van der Waals surface area contributed by atoms with Crippen molar-refractivity contribution in [2.75, 3.05) is 11.4 Å². The van der Waals surface area contributed by atoms with E-state index < -0.39 is 0 Å². The Hall–Kier alpha value is -3.48. The molecule has 0 spiro atoms. The second-order valence-corrected chi connectivity index (χ2v) is 8.68. The average molecular weight is 431 g/mol. The van der Waals surface area contributed by atoms with Crippen LogP contribution in [0.4, 0.5) is 5.69 Å². The normalized spacial score (nSPS) is 18.6. The molecule has 1 aliphatic heterocycles. The van der Waals surface area contributed by atoms with E-state index in [1.165, 1.54) is 6.42 Å². The van der Waals surface area contributed by atoms with Gasteiger partial charge in [-0.1, -0.05) is 48.0 Å². The Labute approximate surface area is 186 Å². The topological polar surface area (TPSA) is 88.3 Å². The molecule has 0 unspecified atom stereocenters. The van der Waals surface area contributed by atoms with Gasteiger partial charge in [-0.2, -0.15) is 4.98 Å². The van der Waals surface area contributed by atoms with Crippen molar-refractivity contribution in [1.29, 1.82) is 0 Å². The molecule has 7 nitrogen and oxygen atoms in total. The highest BCUT2D eigenvalue weighted by atomic mass is 16.5. The van der Waals surface area contributed by atoms with Crippen molar-refractivity contribution in [3.05, 3.63) is 65.5 Å². The third-order valence-corrected chi connectivity index (χ3v) is 6.52. The minimum absolute atomic E-state index is 0.0542. The third kappa shape index (κ3) is 4.02. The summed E-state index contributed by atoms with van der Waals surface area (Å²) in [5.41, 5.74) is 3.76. The molecule has 1 atom stereocenters. The fraction of sp³-hybridized carbons (Fsp3) is 0.360. The van der Waals surface area contributed by atoms with Gasteiger partial charge in [-0.25, -0.2) is 0 Å². The number of nitrogens with zero attached hydrogens (tertiary/aromatic N) is 3. The van der Waals surface area contributed by atoms with Crippen molar-refractivity contribution in [2.24, 2.45) is 5.92 Å². The minimum Gasteiger partial charge on any atom is -0.352 e. The first kappa shape index (κ1) is 20.4. The highest BCUT2D eigenvalue weighted by molar-refractivity contribution is 6.00. The zero-order valence-electron chi connectivity index (χ0n) is 18.1. The molecule has 1 saturated heterocycles. The van der Waals surface area contributed by atoms with Gasteiger partial charge < -0.3 is 14.7 Å². The van der Waals surface area contributed by atoms with Gasteiger partial charge in [-0.3, -0.25) is 9.59 Å². The number of amides is 2. The van der Waals surface area contributed by atoms with E-state index in [0.29, 0.717) is 30.7 Å². The first-order valence-corrected chi connectivity index (χ1v) is 11.1. The molecule has 2 aliphatic rings. The lowest BCUT2D eigenvalue weighted by molar-refractivity contribution is -0.126. The van der Waals surface area contributed by atoms with Crippen LogP contribution in [0.1, 0.15) is 48.6 Å². The van der Waals surface area contributed by atoms with Gasteiger partial charge in [0.25, 0.3) is 0 Å². The van der Waals surface area contributed by atoms with Gasteiger partial charge in [0, 0.05) is 36.7 Å². The van der Waals surface area contributed by atoms with Crippen LogP contribution in [-0.2, 0) is 16.1 Å². The van der Waals surface area contributed by atoms with Crippen LogP contribution < -0.4 is 10.2 Å². The number of anilines is 1. The van der Waals surface area contributed by atoms with Crippen LogP contribution in [0.3, 0.4) is 0 Å². The molecule has 5 rings (SSSR count). The molecule has 1 aliphatic carbocycles. The minimum atomic E-state index is -0.370. The van der Waals surface area contributed by atoms with Gasteiger partial charge >= 0.3 is 0 Å². The van der Waals surface area contributed by atoms with Crippen molar-refractivity contribution in [3.63, 3.8) is 0 Å². The lowest BCUT2D eigenvalue weighted by Gasteiger charge is -2.20. The molecule has 2 heterocycles. The van der Waals surface area contributed by atoms with E-state index >= 15 is 0 Å². The monoisotopic (exact) mass is 430 g/mol. The van der Waals surface area contributed by atoms with Crippen LogP contribution in [0.15, 0.2) is 53.1 Å². The maximum absolute atomic E-state index is 12.7. The van der Waals surface area contributed by atoms with E-state index in [9.17, 15) is 9.59 Å². The summed E-state index contributed by atoms with van der Waals surface area (Å²) < 4.78 is 5.44. The number of carbonyl (C=O) groups excluding carboxylic acids is 2. The Morgan fingerprint density at radius 3 is 2.81 bits per heavy atom. The van der Waals surface area contributed by atoms with E-state index in [1.807, 2.05) is 55.5 Å². The number of benzene rings is 2. The number of aromatic nitrogens is 2. The first-order valence-electron chi connectivity index (χ1n) is 11.1. The Bertz CT molecular complexity index is 1150. The van der Waals surface area contributed by atoms with E-state index in [0.717, 1.165) is 35.2 Å². The Balaban J connectivity index is 1.26. The fourth-order valence-corrected chi connectivity index (χ4v) is 4.25. The van der Waals surface area contributed by atoms with Crippen LogP contribution in [0.2, 0.25) is 0 Å². The molecule has 1 aromatic heterocycles. The van der Waals surface area contributed by atoms with Gasteiger partial charge in [0.15, 0.2) is 0 Å². The lowest BCUT2D eigenvalue weighted by atomic mass is 9.85. The molecule has 0 bridgehead atoms. The van der Waals surface area contributed by atoms with Gasteiger partial charge in [-0.15, -0.1) is 0 Å². The summed E-state index contributed by atoms with van der Waals surface area (Å²) in [5, 5.41) is 7.11. The van der Waals surface area contributed by atoms with Crippen molar-refractivity contribution < 1.29 is 14.1 Å². The smallest absolute Gasteiger partial charge is 0.230 e. The second kappa shape index (κ2) is 8.57. The van der Waals surface area contributed by atoms with Gasteiger partial charge in [0.1, 0.15) is 0 Å². The summed E-state index contributed by atoms with van der Waals surface area (Å²) in [5.74, 6) is 1.08. The van der Waals surface area contributed by atoms with E-state index in [4.69, 9.17) is 4.52 Å². The highest BCUT2D eigenvalue weighted by Crippen LogP contribution is 2.36. The van der Waals surface area contributed by atoms with Crippen molar-refractivity contribution in [2.45, 2.75) is 45.1 Å². The molecule has 1 saturated carbocycles. The lowest BCUT2D eigenvalue weighted by Crippen LogP contribution is -2.32. The standard InChI is InChI=1S/C25H26N4O3/c1-16-6-2-3-7-19(16)14-26-24(31)20-13-22(30)29(15-20)21-11-5-10-18(12-21)23-27-25(32-28-23)17-8-4-9-17/h2-3,5-7,10-12,17,20H,4,8-9,13-15H2,1H3,(H,26,31)/t20-/m0/s1. The quantitative estimate of drug-likeness (QED) is 0.639. The summed E-state index contributed by atoms with van der Waals surface area (Å²) >= 11 is 0. The van der Waals surface area contributed by atoms with Gasteiger partial charge in [0.2, 0.25) is 23.5 Å². The fourth-order valence-electron chi connectivity index (χ4n) is 4.25. The maximum Gasteiger partial charge on any atom is 0.230 e. The molecule has 32 heavy (non-hydrogen) atoms. The zero-order valence-corrected chi connectivity index (χ0v) is 18.1. The van der Waals surface area contributed by atoms with Crippen LogP contribution in [-0.4, -0.2) is 28.5 Å². The predicted molar refractivity (Wildman–Crippen MR) is 120 cm³/mol. The molecule has 7 heteroatoms. The van der Waals surface area contributed by atoms with E-state index in [-0.39, 0.29) is 24.2 Å². The molecular weight excluding hydrogens is 404 g/mol. The third-order valence-electron chi connectivity index (χ3n) is 6.52. The van der Waals surface area contributed by atoms with Crippen molar-refractivity contribution in [1.82, 2.24) is 15.5 Å². The number of aryl methyl sites for hydroxylation is 1. The molecule has 3 aromatic rings. The summed E-state index contributed by atoms with van der Waals surface area (Å²) in [6.07, 6.45) is 3.60. The zero-order chi connectivity index (χ0) is 22.1. The SMILES string of the molecule is Cc1ccccc1CNC(=O)[C@H]1CC(=O)N(c2cccc(-c3noc(C4CCC4)n3)c2)C1. The second-order valence-electron chi connectivity index (χ2n) is 8.68. The molecule has 0 radical (unpaired) electrons. The van der Waals surface area contributed by atoms with Crippen LogP contribution in [0.5, 0.6) is 0 Å². The van der Waals surface area contributed by atoms with Crippen molar-refractivity contribution in [3.8, 4) is 11.4 Å². The van der Waals surface area contributed by atoms with Gasteiger partial charge in [0.05, 0.1) is 5.92 Å². The predicted octanol–water partition coefficient (Wildman–Crippen LogP) is 3.98. The maximum atomic E-state index is 12.7. The molecule has 164 valence electrons. The summed E-state index contributed by atoms with van der Waals surface area (Å²) in [6.45, 7) is 2.85. The molecule has 2 aromatic carbocycles. The highest BCUT2D eigenvalue weighted by Gasteiger charge is 2.35. The number of hydrogen-bond acceptors (Lipinski definition) is 5. The number of hydrogen-bond donors (Lipinski definition) is 1. The number of rotatable bonds is 6. The Kier molecular flexibility index (Phi) is 5.47. The largest absolute Gasteiger partial charge is 0.352 e. The average Bonchev–Trinajstić information content (AvgIpc) is 3.39. The molecule has 2 fully saturated rings. The summed E-state index contributed by atoms with van der Waals surface area (Å²) in [4.78, 5) is 31.6. The number of nitrogens with one attached hydrogen (secondary N) is 1. The number of carbonyl (C=O) groups is 2. The molecule has 1 N–H and O–H groups in total. The van der Waals surface area contributed by atoms with Gasteiger partial charge in [-0.05, 0) is 43.0 Å². The van der Waals surface area contributed by atoms with Crippen molar-refractivity contribution >= 4 is 17.5 Å². The summed E-state index contributed by atoms with van der Waals surface area (Å²) in [6, 6.07) is 15.5. The first-order chi connectivity index (χ1) is 15.6. The van der Waals surface area contributed by atoms with Crippen LogP contribution in [0, 0.1) is 12.8 Å². The van der Waals surface area contributed by atoms with Crippen LogP contribution >= 0.6 is 0 Å². The van der Waals surface area contributed by atoms with E-state index in [1.54, 1.807) is 4.90 Å². The molecule has 2 amide bonds. The Morgan fingerprint density at radius 2 is 2.03 bits per heavy atom. The van der Waals surface area contributed by atoms with E-state index in [2.05, 4.69) is 15.5 Å².